The molecular weight excluding hydrogens is 207 g/mol. The average molecular weight is 212 g/mol. The fourth-order valence-electron chi connectivity index (χ4n) is 0.0958. The van der Waals surface area contributed by atoms with Gasteiger partial charge in [0.05, 0.1) is 0 Å². The van der Waals surface area contributed by atoms with Gasteiger partial charge in [0.1, 0.15) is 16.0 Å². The molecule has 0 aromatic rings. The summed E-state index contributed by atoms with van der Waals surface area (Å²) in [5.74, 6) is -0.0874. The number of carbonyl (C=O) groups is 2. The first-order chi connectivity index (χ1) is 3.18. The van der Waals surface area contributed by atoms with Gasteiger partial charge in [0, 0.05) is 0 Å². The van der Waals surface area contributed by atoms with Crippen molar-refractivity contribution < 1.29 is 9.59 Å². The van der Waals surface area contributed by atoms with E-state index in [1.54, 1.807) is 22.6 Å². The molecule has 0 amide bonds. The van der Waals surface area contributed by atoms with Crippen molar-refractivity contribution in [1.82, 2.24) is 0 Å². The molecule has 7 heavy (non-hydrogen) atoms. The zero-order valence-electron chi connectivity index (χ0n) is 3.85. The van der Waals surface area contributed by atoms with Crippen molar-refractivity contribution in [3.05, 3.63) is 0 Å². The van der Waals surface area contributed by atoms with Crippen LogP contribution >= 0.6 is 22.6 Å². The maximum Gasteiger partial charge on any atom is 0.149 e. The van der Waals surface area contributed by atoms with Crippen molar-refractivity contribution in [2.24, 2.45) is 0 Å². The van der Waals surface area contributed by atoms with E-state index in [-0.39, 0.29) is 5.78 Å². The van der Waals surface area contributed by atoms with Gasteiger partial charge in [-0.3, -0.25) is 4.79 Å². The molecule has 0 aromatic heterocycles. The van der Waals surface area contributed by atoms with Gasteiger partial charge in [-0.25, -0.2) is 0 Å². The molecular formula is C4H5IO2. The number of carbonyl (C=O) groups excluding carboxylic acids is 2. The van der Waals surface area contributed by atoms with E-state index in [0.29, 0.717) is 6.29 Å². The highest BCUT2D eigenvalue weighted by Gasteiger charge is 2.04. The Morgan fingerprint density at radius 2 is 2.29 bits per heavy atom. The van der Waals surface area contributed by atoms with Crippen LogP contribution in [0.4, 0.5) is 0 Å². The minimum Gasteiger partial charge on any atom is -0.302 e. The molecule has 1 atom stereocenters. The van der Waals surface area contributed by atoms with Gasteiger partial charge in [-0.2, -0.15) is 0 Å². The van der Waals surface area contributed by atoms with Gasteiger partial charge in [-0.1, -0.05) is 22.6 Å². The summed E-state index contributed by atoms with van der Waals surface area (Å²) in [5.41, 5.74) is 0. The molecule has 0 heterocycles. The minimum absolute atomic E-state index is 0.0874. The van der Waals surface area contributed by atoms with E-state index in [1.807, 2.05) is 0 Å². The molecule has 0 N–H and O–H groups in total. The lowest BCUT2D eigenvalue weighted by atomic mass is 10.3. The summed E-state index contributed by atoms with van der Waals surface area (Å²) < 4.78 is -0.447. The Hall–Kier alpha value is 0.0700. The fourth-order valence-corrected chi connectivity index (χ4v) is 0.0958. The van der Waals surface area contributed by atoms with Crippen LogP contribution in [0.5, 0.6) is 0 Å². The van der Waals surface area contributed by atoms with Crippen LogP contribution in [0, 0.1) is 0 Å². The Kier molecular flexibility index (Phi) is 3.15. The number of hydrogen-bond donors (Lipinski definition) is 0. The molecule has 0 fully saturated rings. The summed E-state index contributed by atoms with van der Waals surface area (Å²) in [4.78, 5) is 19.9. The third-order valence-corrected chi connectivity index (χ3v) is 1.68. The normalized spacial score (nSPS) is 12.9. The van der Waals surface area contributed by atoms with E-state index in [9.17, 15) is 9.59 Å². The summed E-state index contributed by atoms with van der Waals surface area (Å²) in [6.45, 7) is 1.39. The Balaban J connectivity index is 3.55. The number of rotatable bonds is 2. The van der Waals surface area contributed by atoms with Crippen LogP contribution in [0.15, 0.2) is 0 Å². The maximum atomic E-state index is 10.1. The number of aldehydes is 1. The first-order valence-corrected chi connectivity index (χ1v) is 3.03. The second kappa shape index (κ2) is 3.12. The van der Waals surface area contributed by atoms with E-state index >= 15 is 0 Å². The van der Waals surface area contributed by atoms with E-state index < -0.39 is 3.92 Å². The molecule has 0 spiro atoms. The first kappa shape index (κ1) is 7.07. The van der Waals surface area contributed by atoms with Crippen LogP contribution < -0.4 is 0 Å². The largest absolute Gasteiger partial charge is 0.302 e. The summed E-state index contributed by atoms with van der Waals surface area (Å²) in [6, 6.07) is 0. The van der Waals surface area contributed by atoms with Crippen LogP contribution in [0.1, 0.15) is 6.92 Å². The summed E-state index contributed by atoms with van der Waals surface area (Å²) >= 11 is 1.78. The van der Waals surface area contributed by atoms with Crippen LogP contribution in [-0.2, 0) is 9.59 Å². The van der Waals surface area contributed by atoms with Gasteiger partial charge in [0.15, 0.2) is 0 Å². The van der Waals surface area contributed by atoms with Gasteiger partial charge in [0.25, 0.3) is 0 Å². The Bertz CT molecular complexity index is 89.7. The molecule has 0 aromatic carbocycles. The highest BCUT2D eigenvalue weighted by Crippen LogP contribution is 1.95. The first-order valence-electron chi connectivity index (χ1n) is 1.78. The van der Waals surface area contributed by atoms with E-state index in [1.165, 1.54) is 6.92 Å². The second-order valence-corrected chi connectivity index (χ2v) is 2.49. The molecule has 0 radical (unpaired) electrons. The van der Waals surface area contributed by atoms with Crippen LogP contribution in [0.3, 0.4) is 0 Å². The van der Waals surface area contributed by atoms with Crippen molar-refractivity contribution >= 4 is 34.7 Å². The predicted molar refractivity (Wildman–Crippen MR) is 34.6 cm³/mol. The van der Waals surface area contributed by atoms with Crippen molar-refractivity contribution in [1.29, 1.82) is 0 Å². The maximum absolute atomic E-state index is 10.1. The lowest BCUT2D eigenvalue weighted by Crippen LogP contribution is -2.09. The highest BCUT2D eigenvalue weighted by atomic mass is 127. The quantitative estimate of drug-likeness (QED) is 0.290. The van der Waals surface area contributed by atoms with E-state index in [4.69, 9.17) is 0 Å². The number of hydrogen-bond acceptors (Lipinski definition) is 2. The summed E-state index contributed by atoms with van der Waals surface area (Å²) in [7, 11) is 0. The van der Waals surface area contributed by atoms with Crippen LogP contribution in [0.2, 0.25) is 0 Å². The number of ketones is 1. The lowest BCUT2D eigenvalue weighted by Gasteiger charge is -1.87. The minimum atomic E-state index is -0.447. The third-order valence-electron chi connectivity index (χ3n) is 0.508. The van der Waals surface area contributed by atoms with Crippen molar-refractivity contribution in [2.75, 3.05) is 0 Å². The molecule has 0 bridgehead atoms. The molecule has 0 rings (SSSR count). The molecule has 1 unspecified atom stereocenters. The Morgan fingerprint density at radius 1 is 1.86 bits per heavy atom. The van der Waals surface area contributed by atoms with Gasteiger partial charge in [0.2, 0.25) is 0 Å². The third kappa shape index (κ3) is 2.73. The SMILES string of the molecule is CC(=O)C(I)C=O. The van der Waals surface area contributed by atoms with E-state index in [2.05, 4.69) is 0 Å². The van der Waals surface area contributed by atoms with Crippen LogP contribution in [0.25, 0.3) is 0 Å². The highest BCUT2D eigenvalue weighted by molar-refractivity contribution is 14.1. The molecule has 2 nitrogen and oxygen atoms in total. The van der Waals surface area contributed by atoms with Crippen LogP contribution in [-0.4, -0.2) is 16.0 Å². The molecule has 0 saturated heterocycles. The van der Waals surface area contributed by atoms with Crippen molar-refractivity contribution in [3.8, 4) is 0 Å². The summed E-state index contributed by atoms with van der Waals surface area (Å²) in [5, 5.41) is 0. The summed E-state index contributed by atoms with van der Waals surface area (Å²) in [6.07, 6.45) is 0.628. The van der Waals surface area contributed by atoms with Gasteiger partial charge in [-0.05, 0) is 6.92 Å². The smallest absolute Gasteiger partial charge is 0.149 e. The van der Waals surface area contributed by atoms with Crippen molar-refractivity contribution in [3.63, 3.8) is 0 Å². The number of alkyl halides is 1. The van der Waals surface area contributed by atoms with Gasteiger partial charge < -0.3 is 4.79 Å². The number of halogens is 1. The molecule has 3 heteroatoms. The zero-order valence-corrected chi connectivity index (χ0v) is 6.01. The molecule has 0 aliphatic rings. The van der Waals surface area contributed by atoms with E-state index in [0.717, 1.165) is 0 Å². The molecule has 0 aliphatic carbocycles. The number of Topliss-reactive ketones (excluding diaryl/α,β-unsaturated/α-hetero) is 1. The average Bonchev–Trinajstić information content (AvgIpc) is 1.65. The van der Waals surface area contributed by atoms with Gasteiger partial charge in [-0.15, -0.1) is 0 Å². The second-order valence-electron chi connectivity index (χ2n) is 1.15. The lowest BCUT2D eigenvalue weighted by molar-refractivity contribution is -0.119. The van der Waals surface area contributed by atoms with Gasteiger partial charge >= 0.3 is 0 Å². The standard InChI is InChI=1S/C4H5IO2/c1-3(7)4(5)2-6/h2,4H,1H3. The molecule has 0 saturated carbocycles. The predicted octanol–water partition coefficient (Wildman–Crippen LogP) is 0.578. The monoisotopic (exact) mass is 212 g/mol. The molecule has 40 valence electrons. The Labute approximate surface area is 55.4 Å². The molecule has 0 aliphatic heterocycles. The topological polar surface area (TPSA) is 34.1 Å². The fraction of sp³-hybridized carbons (Fsp3) is 0.500. The van der Waals surface area contributed by atoms with Crippen molar-refractivity contribution in [2.45, 2.75) is 10.8 Å². The Morgan fingerprint density at radius 3 is 2.29 bits per heavy atom. The zero-order chi connectivity index (χ0) is 5.86.